The van der Waals surface area contributed by atoms with Crippen molar-refractivity contribution in [3.63, 3.8) is 0 Å². The molecule has 0 spiro atoms. The number of benzene rings is 1. The zero-order valence-electron chi connectivity index (χ0n) is 8.54. The lowest BCUT2D eigenvalue weighted by Gasteiger charge is -2.29. The standard InChI is InChI=1S/C12H13FN2/c13-11-5-4-10(9-14)8-12(11)15-6-2-1-3-7-15/h4-5,8H,1-3,6-7H2. The van der Waals surface area contributed by atoms with E-state index in [-0.39, 0.29) is 5.82 Å². The molecule has 78 valence electrons. The minimum atomic E-state index is -0.226. The molecule has 0 radical (unpaired) electrons. The minimum absolute atomic E-state index is 0.226. The Morgan fingerprint density at radius 1 is 1.20 bits per heavy atom. The molecule has 1 aliphatic rings. The fourth-order valence-electron chi connectivity index (χ4n) is 1.96. The van der Waals surface area contributed by atoms with E-state index in [4.69, 9.17) is 5.26 Å². The Hall–Kier alpha value is -1.56. The van der Waals surface area contributed by atoms with Gasteiger partial charge in [0, 0.05) is 13.1 Å². The smallest absolute Gasteiger partial charge is 0.146 e. The van der Waals surface area contributed by atoms with Gasteiger partial charge in [0.15, 0.2) is 0 Å². The van der Waals surface area contributed by atoms with Gasteiger partial charge in [-0.2, -0.15) is 5.26 Å². The third-order valence-electron chi connectivity index (χ3n) is 2.77. The van der Waals surface area contributed by atoms with Crippen molar-refractivity contribution in [2.45, 2.75) is 19.3 Å². The minimum Gasteiger partial charge on any atom is -0.369 e. The van der Waals surface area contributed by atoms with Crippen LogP contribution in [0, 0.1) is 17.1 Å². The van der Waals surface area contributed by atoms with Crippen LogP contribution in [0.2, 0.25) is 0 Å². The topological polar surface area (TPSA) is 27.0 Å². The van der Waals surface area contributed by atoms with E-state index in [1.54, 1.807) is 6.07 Å². The molecule has 1 aromatic rings. The molecule has 0 aromatic heterocycles. The average molecular weight is 204 g/mol. The summed E-state index contributed by atoms with van der Waals surface area (Å²) in [5.74, 6) is -0.226. The zero-order valence-corrected chi connectivity index (χ0v) is 8.54. The molecule has 0 saturated carbocycles. The van der Waals surface area contributed by atoms with Crippen LogP contribution in [0.25, 0.3) is 0 Å². The summed E-state index contributed by atoms with van der Waals surface area (Å²) in [6, 6.07) is 6.57. The van der Waals surface area contributed by atoms with E-state index in [0.717, 1.165) is 25.9 Å². The van der Waals surface area contributed by atoms with Crippen LogP contribution in [0.1, 0.15) is 24.8 Å². The predicted octanol–water partition coefficient (Wildman–Crippen LogP) is 2.69. The molecule has 0 aliphatic carbocycles. The number of halogens is 1. The van der Waals surface area contributed by atoms with Crippen LogP contribution in [0.4, 0.5) is 10.1 Å². The molecule has 0 unspecified atom stereocenters. The highest BCUT2D eigenvalue weighted by Crippen LogP contribution is 2.24. The summed E-state index contributed by atoms with van der Waals surface area (Å²) in [6.07, 6.45) is 3.43. The van der Waals surface area contributed by atoms with E-state index in [1.165, 1.54) is 18.6 Å². The first-order valence-corrected chi connectivity index (χ1v) is 5.26. The van der Waals surface area contributed by atoms with Gasteiger partial charge in [0.05, 0.1) is 17.3 Å². The van der Waals surface area contributed by atoms with Gasteiger partial charge >= 0.3 is 0 Å². The second kappa shape index (κ2) is 4.31. The van der Waals surface area contributed by atoms with Gasteiger partial charge in [0.2, 0.25) is 0 Å². The predicted molar refractivity (Wildman–Crippen MR) is 57.2 cm³/mol. The third kappa shape index (κ3) is 2.10. The molecule has 1 aliphatic heterocycles. The highest BCUT2D eigenvalue weighted by atomic mass is 19.1. The molecule has 1 fully saturated rings. The number of nitrogens with zero attached hydrogens (tertiary/aromatic N) is 2. The van der Waals surface area contributed by atoms with Crippen molar-refractivity contribution in [2.75, 3.05) is 18.0 Å². The molecule has 2 nitrogen and oxygen atoms in total. The zero-order chi connectivity index (χ0) is 10.7. The van der Waals surface area contributed by atoms with Crippen LogP contribution in [-0.4, -0.2) is 13.1 Å². The van der Waals surface area contributed by atoms with Crippen LogP contribution >= 0.6 is 0 Å². The molecule has 1 heterocycles. The van der Waals surface area contributed by atoms with Gasteiger partial charge in [-0.3, -0.25) is 0 Å². The Morgan fingerprint density at radius 2 is 1.93 bits per heavy atom. The molecular weight excluding hydrogens is 191 g/mol. The molecule has 0 N–H and O–H groups in total. The van der Waals surface area contributed by atoms with Crippen molar-refractivity contribution in [3.05, 3.63) is 29.6 Å². The molecule has 15 heavy (non-hydrogen) atoms. The maximum Gasteiger partial charge on any atom is 0.146 e. The highest BCUT2D eigenvalue weighted by Gasteiger charge is 2.14. The van der Waals surface area contributed by atoms with Crippen LogP contribution in [-0.2, 0) is 0 Å². The van der Waals surface area contributed by atoms with E-state index in [1.807, 2.05) is 11.0 Å². The van der Waals surface area contributed by atoms with Crippen LogP contribution in [0.15, 0.2) is 18.2 Å². The van der Waals surface area contributed by atoms with E-state index in [2.05, 4.69) is 0 Å². The molecule has 0 bridgehead atoms. The van der Waals surface area contributed by atoms with Crippen molar-refractivity contribution in [1.82, 2.24) is 0 Å². The number of rotatable bonds is 1. The summed E-state index contributed by atoms with van der Waals surface area (Å²) in [5.41, 5.74) is 1.10. The second-order valence-corrected chi connectivity index (χ2v) is 3.83. The van der Waals surface area contributed by atoms with Crippen LogP contribution in [0.5, 0.6) is 0 Å². The third-order valence-corrected chi connectivity index (χ3v) is 2.77. The number of hydrogen-bond acceptors (Lipinski definition) is 2. The van der Waals surface area contributed by atoms with E-state index < -0.39 is 0 Å². The SMILES string of the molecule is N#Cc1ccc(F)c(N2CCCCC2)c1. The first-order chi connectivity index (χ1) is 7.31. The first-order valence-electron chi connectivity index (χ1n) is 5.26. The van der Waals surface area contributed by atoms with Gasteiger partial charge in [0.1, 0.15) is 5.82 Å². The number of hydrogen-bond donors (Lipinski definition) is 0. The van der Waals surface area contributed by atoms with Crippen molar-refractivity contribution >= 4 is 5.69 Å². The maximum absolute atomic E-state index is 13.5. The quantitative estimate of drug-likeness (QED) is 0.703. The molecule has 3 heteroatoms. The van der Waals surface area contributed by atoms with Gasteiger partial charge < -0.3 is 4.90 Å². The van der Waals surface area contributed by atoms with Crippen LogP contribution in [0.3, 0.4) is 0 Å². The maximum atomic E-state index is 13.5. The van der Waals surface area contributed by atoms with Gasteiger partial charge in [-0.05, 0) is 37.5 Å². The van der Waals surface area contributed by atoms with E-state index in [0.29, 0.717) is 11.3 Å². The Morgan fingerprint density at radius 3 is 2.60 bits per heavy atom. The molecular formula is C12H13FN2. The second-order valence-electron chi connectivity index (χ2n) is 3.83. The Kier molecular flexibility index (Phi) is 2.86. The normalized spacial score (nSPS) is 16.1. The molecule has 0 atom stereocenters. The van der Waals surface area contributed by atoms with Crippen LogP contribution < -0.4 is 4.90 Å². The van der Waals surface area contributed by atoms with E-state index in [9.17, 15) is 4.39 Å². The Labute approximate surface area is 88.9 Å². The van der Waals surface area contributed by atoms with Crippen molar-refractivity contribution < 1.29 is 4.39 Å². The summed E-state index contributed by atoms with van der Waals surface area (Å²) >= 11 is 0. The van der Waals surface area contributed by atoms with Crippen molar-refractivity contribution in [1.29, 1.82) is 5.26 Å². The lowest BCUT2D eigenvalue weighted by atomic mass is 10.1. The van der Waals surface area contributed by atoms with Gasteiger partial charge in [0.25, 0.3) is 0 Å². The summed E-state index contributed by atoms with van der Waals surface area (Å²) in [6.45, 7) is 1.79. The fraction of sp³-hybridized carbons (Fsp3) is 0.417. The molecule has 1 saturated heterocycles. The van der Waals surface area contributed by atoms with Crippen molar-refractivity contribution in [3.8, 4) is 6.07 Å². The highest BCUT2D eigenvalue weighted by molar-refractivity contribution is 5.52. The van der Waals surface area contributed by atoms with Crippen molar-refractivity contribution in [2.24, 2.45) is 0 Å². The lowest BCUT2D eigenvalue weighted by molar-refractivity contribution is 0.557. The Bertz CT molecular complexity index is 389. The van der Waals surface area contributed by atoms with Gasteiger partial charge in [-0.15, -0.1) is 0 Å². The molecule has 0 amide bonds. The summed E-state index contributed by atoms with van der Waals surface area (Å²) in [4.78, 5) is 2.03. The Balaban J connectivity index is 2.29. The lowest BCUT2D eigenvalue weighted by Crippen LogP contribution is -2.30. The largest absolute Gasteiger partial charge is 0.369 e. The summed E-state index contributed by atoms with van der Waals surface area (Å²) in [5, 5.41) is 8.76. The fourth-order valence-corrected chi connectivity index (χ4v) is 1.96. The number of piperidine rings is 1. The number of nitriles is 1. The molecule has 1 aromatic carbocycles. The monoisotopic (exact) mass is 204 g/mol. The average Bonchev–Trinajstić information content (AvgIpc) is 2.31. The summed E-state index contributed by atoms with van der Waals surface area (Å²) in [7, 11) is 0. The van der Waals surface area contributed by atoms with Gasteiger partial charge in [-0.1, -0.05) is 0 Å². The first kappa shape index (κ1) is 9.97. The van der Waals surface area contributed by atoms with Gasteiger partial charge in [-0.25, -0.2) is 4.39 Å². The molecule has 2 rings (SSSR count). The van der Waals surface area contributed by atoms with E-state index >= 15 is 0 Å². The summed E-state index contributed by atoms with van der Waals surface area (Å²) < 4.78 is 13.5. The number of anilines is 1.